The minimum absolute atomic E-state index is 0.0950. The summed E-state index contributed by atoms with van der Waals surface area (Å²) in [5.74, 6) is 1.04. The molecule has 20 heavy (non-hydrogen) atoms. The standard InChI is InChI=1S/C13H15N3O3S/c17-20(18,16-12-8-4-1-2-5-9(8)12)11-7-3-6-10-13(11)15-19-14-10/h3,6-9,12,16H,1-2,4-5H2/t8-,9+,12?. The molecule has 6 nitrogen and oxygen atoms in total. The molecule has 0 spiro atoms. The van der Waals surface area contributed by atoms with Gasteiger partial charge in [-0.25, -0.2) is 17.8 Å². The van der Waals surface area contributed by atoms with Crippen molar-refractivity contribution in [3.8, 4) is 0 Å². The van der Waals surface area contributed by atoms with Crippen LogP contribution in [0.1, 0.15) is 25.7 Å². The van der Waals surface area contributed by atoms with Crippen LogP contribution < -0.4 is 4.72 Å². The largest absolute Gasteiger partial charge is 0.243 e. The lowest BCUT2D eigenvalue weighted by Crippen LogP contribution is -2.28. The monoisotopic (exact) mass is 293 g/mol. The summed E-state index contributed by atoms with van der Waals surface area (Å²) in [7, 11) is -3.56. The van der Waals surface area contributed by atoms with Crippen LogP contribution in [0.5, 0.6) is 0 Å². The van der Waals surface area contributed by atoms with Gasteiger partial charge in [-0.3, -0.25) is 0 Å². The molecule has 0 aliphatic heterocycles. The highest BCUT2D eigenvalue weighted by molar-refractivity contribution is 7.89. The van der Waals surface area contributed by atoms with Gasteiger partial charge in [-0.15, -0.1) is 0 Å². The van der Waals surface area contributed by atoms with E-state index in [2.05, 4.69) is 19.7 Å². The van der Waals surface area contributed by atoms with Crippen LogP contribution in [0.25, 0.3) is 11.0 Å². The van der Waals surface area contributed by atoms with Crippen molar-refractivity contribution in [3.63, 3.8) is 0 Å². The minimum atomic E-state index is -3.56. The van der Waals surface area contributed by atoms with E-state index in [-0.39, 0.29) is 10.9 Å². The van der Waals surface area contributed by atoms with Gasteiger partial charge >= 0.3 is 0 Å². The number of rotatable bonds is 3. The van der Waals surface area contributed by atoms with Crippen LogP contribution in [-0.2, 0) is 10.0 Å². The third-order valence-corrected chi connectivity index (χ3v) is 5.98. The number of nitrogens with one attached hydrogen (secondary N) is 1. The number of hydrogen-bond donors (Lipinski definition) is 1. The molecule has 0 radical (unpaired) electrons. The second-order valence-corrected chi connectivity index (χ2v) is 7.33. The maximum Gasteiger partial charge on any atom is 0.243 e. The second-order valence-electron chi connectivity index (χ2n) is 5.65. The Bertz CT molecular complexity index is 743. The molecule has 3 atom stereocenters. The van der Waals surface area contributed by atoms with Crippen molar-refractivity contribution in [2.45, 2.75) is 36.6 Å². The summed E-state index contributed by atoms with van der Waals surface area (Å²) >= 11 is 0. The van der Waals surface area contributed by atoms with E-state index < -0.39 is 10.0 Å². The summed E-state index contributed by atoms with van der Waals surface area (Å²) in [5.41, 5.74) is 0.754. The van der Waals surface area contributed by atoms with Gasteiger partial charge in [0.05, 0.1) is 0 Å². The molecule has 1 aromatic heterocycles. The zero-order valence-electron chi connectivity index (χ0n) is 10.8. The highest BCUT2D eigenvalue weighted by atomic mass is 32.2. The van der Waals surface area contributed by atoms with Crippen molar-refractivity contribution < 1.29 is 13.0 Å². The Morgan fingerprint density at radius 3 is 2.65 bits per heavy atom. The molecule has 2 aliphatic carbocycles. The summed E-state index contributed by atoms with van der Waals surface area (Å²) in [4.78, 5) is 0.153. The minimum Gasteiger partial charge on any atom is -0.243 e. The Morgan fingerprint density at radius 2 is 1.90 bits per heavy atom. The zero-order valence-corrected chi connectivity index (χ0v) is 11.6. The van der Waals surface area contributed by atoms with Crippen LogP contribution in [0.15, 0.2) is 27.7 Å². The molecule has 4 rings (SSSR count). The molecule has 2 fully saturated rings. The topological polar surface area (TPSA) is 85.1 Å². The van der Waals surface area contributed by atoms with Crippen LogP contribution in [0.3, 0.4) is 0 Å². The predicted molar refractivity (Wildman–Crippen MR) is 71.4 cm³/mol. The molecule has 0 amide bonds. The second kappa shape index (κ2) is 4.26. The van der Waals surface area contributed by atoms with Crippen LogP contribution in [-0.4, -0.2) is 24.8 Å². The Kier molecular flexibility index (Phi) is 2.62. The molecular formula is C13H15N3O3S. The molecular weight excluding hydrogens is 278 g/mol. The maximum absolute atomic E-state index is 12.5. The summed E-state index contributed by atoms with van der Waals surface area (Å²) in [6.07, 6.45) is 4.69. The van der Waals surface area contributed by atoms with E-state index in [0.29, 0.717) is 22.9 Å². The van der Waals surface area contributed by atoms with Gasteiger partial charge in [0, 0.05) is 6.04 Å². The van der Waals surface area contributed by atoms with Gasteiger partial charge in [-0.1, -0.05) is 18.9 Å². The fraction of sp³-hybridized carbons (Fsp3) is 0.538. The molecule has 2 aliphatic rings. The van der Waals surface area contributed by atoms with Gasteiger partial charge in [0.25, 0.3) is 0 Å². The average Bonchev–Trinajstić information content (AvgIpc) is 2.92. The molecule has 106 valence electrons. The Morgan fingerprint density at radius 1 is 1.15 bits per heavy atom. The Labute approximate surface area is 116 Å². The highest BCUT2D eigenvalue weighted by Gasteiger charge is 2.52. The summed E-state index contributed by atoms with van der Waals surface area (Å²) in [5, 5.41) is 7.38. The first kappa shape index (κ1) is 12.3. The molecule has 7 heteroatoms. The van der Waals surface area contributed by atoms with Crippen LogP contribution in [0.4, 0.5) is 0 Å². The molecule has 1 aromatic carbocycles. The highest BCUT2D eigenvalue weighted by Crippen LogP contribution is 2.50. The van der Waals surface area contributed by atoms with Crippen molar-refractivity contribution in [1.82, 2.24) is 15.0 Å². The third-order valence-electron chi connectivity index (χ3n) is 4.49. The first-order valence-electron chi connectivity index (χ1n) is 6.90. The van der Waals surface area contributed by atoms with Gasteiger partial charge in [0.1, 0.15) is 10.4 Å². The van der Waals surface area contributed by atoms with E-state index in [1.807, 2.05) is 0 Å². The van der Waals surface area contributed by atoms with E-state index in [1.54, 1.807) is 18.2 Å². The first-order valence-corrected chi connectivity index (χ1v) is 8.39. The zero-order chi connectivity index (χ0) is 13.7. The van der Waals surface area contributed by atoms with Gasteiger partial charge < -0.3 is 0 Å². The number of aromatic nitrogens is 2. The molecule has 0 saturated heterocycles. The van der Waals surface area contributed by atoms with E-state index >= 15 is 0 Å². The number of fused-ring (bicyclic) bond motifs is 2. The smallest absolute Gasteiger partial charge is 0.243 e. The van der Waals surface area contributed by atoms with E-state index in [0.717, 1.165) is 12.8 Å². The van der Waals surface area contributed by atoms with Crippen molar-refractivity contribution in [3.05, 3.63) is 18.2 Å². The lowest BCUT2D eigenvalue weighted by Gasteiger charge is -2.06. The van der Waals surface area contributed by atoms with Gasteiger partial charge in [0.2, 0.25) is 10.0 Å². The van der Waals surface area contributed by atoms with E-state index in [1.165, 1.54) is 12.8 Å². The van der Waals surface area contributed by atoms with Gasteiger partial charge in [-0.2, -0.15) is 0 Å². The lowest BCUT2D eigenvalue weighted by molar-refractivity contribution is 0.315. The third kappa shape index (κ3) is 1.84. The van der Waals surface area contributed by atoms with Crippen molar-refractivity contribution in [1.29, 1.82) is 0 Å². The molecule has 1 heterocycles. The van der Waals surface area contributed by atoms with Crippen LogP contribution in [0.2, 0.25) is 0 Å². The summed E-state index contributed by atoms with van der Waals surface area (Å²) in [6.45, 7) is 0. The molecule has 0 bridgehead atoms. The number of hydrogen-bond acceptors (Lipinski definition) is 5. The SMILES string of the molecule is O=S(=O)(NC1[C@H]2CCCC[C@@H]12)c1cccc2nonc12. The predicted octanol–water partition coefficient (Wildman–Crippen LogP) is 1.69. The summed E-state index contributed by atoms with van der Waals surface area (Å²) < 4.78 is 32.5. The lowest BCUT2D eigenvalue weighted by atomic mass is 10.0. The fourth-order valence-electron chi connectivity index (χ4n) is 3.41. The van der Waals surface area contributed by atoms with Gasteiger partial charge in [-0.05, 0) is 47.1 Å². The van der Waals surface area contributed by atoms with Crippen molar-refractivity contribution in [2.75, 3.05) is 0 Å². The number of nitrogens with zero attached hydrogens (tertiary/aromatic N) is 2. The first-order chi connectivity index (χ1) is 9.67. The number of benzene rings is 1. The quantitative estimate of drug-likeness (QED) is 0.930. The average molecular weight is 293 g/mol. The molecule has 1 unspecified atom stereocenters. The van der Waals surface area contributed by atoms with Crippen LogP contribution >= 0.6 is 0 Å². The summed E-state index contributed by atoms with van der Waals surface area (Å²) in [6, 6.07) is 4.97. The Balaban J connectivity index is 1.65. The molecule has 2 aromatic rings. The van der Waals surface area contributed by atoms with E-state index in [4.69, 9.17) is 0 Å². The maximum atomic E-state index is 12.5. The molecule has 1 N–H and O–H groups in total. The van der Waals surface area contributed by atoms with Crippen LogP contribution in [0, 0.1) is 11.8 Å². The Hall–Kier alpha value is -1.47. The van der Waals surface area contributed by atoms with Gasteiger partial charge in [0.15, 0.2) is 5.52 Å². The fourth-order valence-corrected chi connectivity index (χ4v) is 4.90. The molecule has 2 saturated carbocycles. The normalized spacial score (nSPS) is 29.3. The van der Waals surface area contributed by atoms with Crippen molar-refractivity contribution in [2.24, 2.45) is 11.8 Å². The van der Waals surface area contributed by atoms with Crippen molar-refractivity contribution >= 4 is 21.1 Å². The van der Waals surface area contributed by atoms with E-state index in [9.17, 15) is 8.42 Å². The number of sulfonamides is 1.